The molecule has 2 aromatic heterocycles. The largest absolute Gasteiger partial charge is 0.480 e. The Kier molecular flexibility index (Phi) is 4.73. The van der Waals surface area contributed by atoms with E-state index in [0.29, 0.717) is 5.52 Å². The standard InChI is InChI=1S/C23H20N2O5/c1-12(2)11-15(23(29)30)24-22(28)17-16-9-5-6-10-25(16)19-18(17)20(26)13-7-3-4-8-14(13)21(19)27/h3-10,12,15H,11H2,1-2H3,(H,24,28)(H,29,30). The van der Waals surface area contributed by atoms with Crippen LogP contribution in [0.1, 0.15) is 62.6 Å². The number of ketones is 2. The van der Waals surface area contributed by atoms with E-state index < -0.39 is 23.7 Å². The van der Waals surface area contributed by atoms with Crippen molar-refractivity contribution in [2.24, 2.45) is 5.92 Å². The number of hydrogen-bond donors (Lipinski definition) is 2. The van der Waals surface area contributed by atoms with E-state index in [2.05, 4.69) is 5.32 Å². The molecule has 1 aromatic carbocycles. The second kappa shape index (κ2) is 7.26. The molecule has 1 aliphatic rings. The topological polar surface area (TPSA) is 105 Å². The normalized spacial score (nSPS) is 13.8. The van der Waals surface area contributed by atoms with Crippen LogP contribution in [0.4, 0.5) is 0 Å². The molecule has 1 unspecified atom stereocenters. The predicted molar refractivity (Wildman–Crippen MR) is 109 cm³/mol. The number of aromatic nitrogens is 1. The van der Waals surface area contributed by atoms with Gasteiger partial charge in [-0.15, -0.1) is 0 Å². The van der Waals surface area contributed by atoms with Gasteiger partial charge in [0.25, 0.3) is 5.91 Å². The van der Waals surface area contributed by atoms with Gasteiger partial charge in [0.1, 0.15) is 11.7 Å². The average molecular weight is 404 g/mol. The van der Waals surface area contributed by atoms with Crippen molar-refractivity contribution in [3.63, 3.8) is 0 Å². The number of pyridine rings is 1. The van der Waals surface area contributed by atoms with E-state index in [1.165, 1.54) is 4.40 Å². The number of nitrogens with zero attached hydrogens (tertiary/aromatic N) is 1. The van der Waals surface area contributed by atoms with Crippen molar-refractivity contribution in [1.29, 1.82) is 0 Å². The highest BCUT2D eigenvalue weighted by atomic mass is 16.4. The number of hydrogen-bond acceptors (Lipinski definition) is 4. The quantitative estimate of drug-likeness (QED) is 0.532. The number of carboxylic acid groups (broad SMARTS) is 1. The lowest BCUT2D eigenvalue weighted by molar-refractivity contribution is -0.139. The van der Waals surface area contributed by atoms with Crippen molar-refractivity contribution in [2.75, 3.05) is 0 Å². The zero-order valence-electron chi connectivity index (χ0n) is 16.5. The summed E-state index contributed by atoms with van der Waals surface area (Å²) in [6.07, 6.45) is 1.86. The summed E-state index contributed by atoms with van der Waals surface area (Å²) in [6, 6.07) is 10.4. The monoisotopic (exact) mass is 404 g/mol. The summed E-state index contributed by atoms with van der Waals surface area (Å²) < 4.78 is 1.53. The zero-order valence-corrected chi connectivity index (χ0v) is 16.5. The summed E-state index contributed by atoms with van der Waals surface area (Å²) in [7, 11) is 0. The van der Waals surface area contributed by atoms with Crippen LogP contribution >= 0.6 is 0 Å². The first kappa shape index (κ1) is 19.6. The first-order valence-electron chi connectivity index (χ1n) is 9.66. The fraction of sp³-hybridized carbons (Fsp3) is 0.217. The molecule has 0 saturated carbocycles. The minimum absolute atomic E-state index is 0.0103. The smallest absolute Gasteiger partial charge is 0.326 e. The van der Waals surface area contributed by atoms with Crippen LogP contribution in [0.25, 0.3) is 5.52 Å². The number of rotatable bonds is 5. The number of carbonyl (C=O) groups excluding carboxylic acids is 3. The molecular weight excluding hydrogens is 384 g/mol. The molecule has 1 atom stereocenters. The lowest BCUT2D eigenvalue weighted by atomic mass is 9.86. The van der Waals surface area contributed by atoms with Crippen LogP contribution in [0.15, 0.2) is 48.7 Å². The Bertz CT molecular complexity index is 1220. The Balaban J connectivity index is 1.90. The van der Waals surface area contributed by atoms with Crippen molar-refractivity contribution >= 4 is 29.0 Å². The van der Waals surface area contributed by atoms with Gasteiger partial charge in [0, 0.05) is 17.3 Å². The van der Waals surface area contributed by atoms with Crippen LogP contribution in [0.2, 0.25) is 0 Å². The fourth-order valence-corrected chi connectivity index (χ4v) is 3.95. The first-order valence-corrected chi connectivity index (χ1v) is 9.66. The minimum atomic E-state index is -1.15. The molecule has 1 amide bonds. The zero-order chi connectivity index (χ0) is 21.6. The third-order valence-electron chi connectivity index (χ3n) is 5.24. The molecule has 4 rings (SSSR count). The molecule has 0 radical (unpaired) electrons. The molecular formula is C23H20N2O5. The Morgan fingerprint density at radius 3 is 2.27 bits per heavy atom. The van der Waals surface area contributed by atoms with Crippen LogP contribution in [0.5, 0.6) is 0 Å². The van der Waals surface area contributed by atoms with Gasteiger partial charge >= 0.3 is 5.97 Å². The molecule has 0 saturated heterocycles. The van der Waals surface area contributed by atoms with Gasteiger partial charge in [-0.3, -0.25) is 14.4 Å². The van der Waals surface area contributed by atoms with Crippen molar-refractivity contribution in [1.82, 2.24) is 9.72 Å². The Morgan fingerprint density at radius 2 is 1.63 bits per heavy atom. The van der Waals surface area contributed by atoms with E-state index >= 15 is 0 Å². The number of nitrogens with one attached hydrogen (secondary N) is 1. The molecule has 0 fully saturated rings. The van der Waals surface area contributed by atoms with Gasteiger partial charge in [-0.2, -0.15) is 0 Å². The fourth-order valence-electron chi connectivity index (χ4n) is 3.95. The van der Waals surface area contributed by atoms with Crippen LogP contribution in [0.3, 0.4) is 0 Å². The second-order valence-electron chi connectivity index (χ2n) is 7.75. The maximum atomic E-state index is 13.3. The third-order valence-corrected chi connectivity index (χ3v) is 5.24. The number of amides is 1. The van der Waals surface area contributed by atoms with Gasteiger partial charge < -0.3 is 14.8 Å². The van der Waals surface area contributed by atoms with Crippen LogP contribution in [-0.4, -0.2) is 39.0 Å². The highest BCUT2D eigenvalue weighted by molar-refractivity contribution is 6.32. The van der Waals surface area contributed by atoms with Crippen molar-refractivity contribution in [2.45, 2.75) is 26.3 Å². The summed E-state index contributed by atoms with van der Waals surface area (Å²) in [5, 5.41) is 12.0. The molecule has 2 N–H and O–H groups in total. The van der Waals surface area contributed by atoms with Crippen molar-refractivity contribution in [3.05, 3.63) is 76.6 Å². The predicted octanol–water partition coefficient (Wildman–Crippen LogP) is 2.94. The number of fused-ring (bicyclic) bond motifs is 4. The van der Waals surface area contributed by atoms with Crippen molar-refractivity contribution in [3.8, 4) is 0 Å². The molecule has 0 bridgehead atoms. The van der Waals surface area contributed by atoms with Gasteiger partial charge in [0.15, 0.2) is 5.78 Å². The molecule has 1 aliphatic carbocycles. The van der Waals surface area contributed by atoms with E-state index in [1.54, 1.807) is 48.7 Å². The average Bonchev–Trinajstić information content (AvgIpc) is 3.07. The number of aliphatic carboxylic acids is 1. The summed E-state index contributed by atoms with van der Waals surface area (Å²) in [5.74, 6) is -2.57. The van der Waals surface area contributed by atoms with Gasteiger partial charge in [-0.25, -0.2) is 4.79 Å². The Hall–Kier alpha value is -3.74. The highest BCUT2D eigenvalue weighted by Gasteiger charge is 2.38. The third kappa shape index (κ3) is 2.99. The number of carboxylic acids is 1. The molecule has 2 heterocycles. The van der Waals surface area contributed by atoms with Crippen molar-refractivity contribution < 1.29 is 24.3 Å². The Labute approximate surface area is 172 Å². The van der Waals surface area contributed by atoms with Crippen LogP contribution < -0.4 is 5.32 Å². The van der Waals surface area contributed by atoms with E-state index in [9.17, 15) is 24.3 Å². The molecule has 3 aromatic rings. The SMILES string of the molecule is CC(C)CC(NC(=O)c1c2c(n3ccccc13)C(=O)c1ccccc1C2=O)C(=O)O. The summed E-state index contributed by atoms with van der Waals surface area (Å²) in [5.41, 5.74) is 1.05. The summed E-state index contributed by atoms with van der Waals surface area (Å²) in [6.45, 7) is 3.72. The van der Waals surface area contributed by atoms with Gasteiger partial charge in [0.2, 0.25) is 5.78 Å². The van der Waals surface area contributed by atoms with E-state index in [0.717, 1.165) is 0 Å². The van der Waals surface area contributed by atoms with Gasteiger partial charge in [-0.1, -0.05) is 44.2 Å². The molecule has 30 heavy (non-hydrogen) atoms. The molecule has 7 nitrogen and oxygen atoms in total. The molecule has 0 aliphatic heterocycles. The minimum Gasteiger partial charge on any atom is -0.480 e. The summed E-state index contributed by atoms with van der Waals surface area (Å²) in [4.78, 5) is 51.3. The molecule has 0 spiro atoms. The number of benzene rings is 1. The second-order valence-corrected chi connectivity index (χ2v) is 7.75. The maximum absolute atomic E-state index is 13.3. The van der Waals surface area contributed by atoms with E-state index in [1.807, 2.05) is 13.8 Å². The first-order chi connectivity index (χ1) is 14.3. The van der Waals surface area contributed by atoms with Gasteiger partial charge in [0.05, 0.1) is 16.6 Å². The Morgan fingerprint density at radius 1 is 1.00 bits per heavy atom. The maximum Gasteiger partial charge on any atom is 0.326 e. The summed E-state index contributed by atoms with van der Waals surface area (Å²) >= 11 is 0. The molecule has 152 valence electrons. The van der Waals surface area contributed by atoms with E-state index in [-0.39, 0.29) is 46.1 Å². The number of carbonyl (C=O) groups is 4. The van der Waals surface area contributed by atoms with Crippen LogP contribution in [-0.2, 0) is 4.79 Å². The highest BCUT2D eigenvalue weighted by Crippen LogP contribution is 2.33. The molecule has 7 heteroatoms. The van der Waals surface area contributed by atoms with Crippen LogP contribution in [0, 0.1) is 5.92 Å². The van der Waals surface area contributed by atoms with E-state index in [4.69, 9.17) is 0 Å². The van der Waals surface area contributed by atoms with Gasteiger partial charge in [-0.05, 0) is 24.5 Å². The lowest BCUT2D eigenvalue weighted by Gasteiger charge is -2.18. The lowest BCUT2D eigenvalue weighted by Crippen LogP contribution is -2.42.